The molecule has 0 amide bonds. The molecule has 0 aliphatic carbocycles. The van der Waals surface area contributed by atoms with Crippen molar-refractivity contribution in [3.8, 4) is 5.75 Å². The van der Waals surface area contributed by atoms with E-state index >= 15 is 0 Å². The smallest absolute Gasteiger partial charge is 0.336 e. The molecule has 1 N–H and O–H groups in total. The summed E-state index contributed by atoms with van der Waals surface area (Å²) in [4.78, 5) is 11.0. The van der Waals surface area contributed by atoms with E-state index in [9.17, 15) is 13.6 Å². The second-order valence-electron chi connectivity index (χ2n) is 4.22. The first-order chi connectivity index (χ1) is 9.50. The SMILES string of the molecule is Cc1c(OCc2c(F)cccc2F)cccc1C(=O)O. The second kappa shape index (κ2) is 5.69. The topological polar surface area (TPSA) is 46.5 Å². The Morgan fingerprint density at radius 2 is 1.75 bits per heavy atom. The number of aromatic carboxylic acids is 1. The van der Waals surface area contributed by atoms with Crippen LogP contribution in [0.4, 0.5) is 8.78 Å². The van der Waals surface area contributed by atoms with Crippen molar-refractivity contribution >= 4 is 5.97 Å². The number of hydrogen-bond acceptors (Lipinski definition) is 2. The molecular formula is C15H12F2O3. The summed E-state index contributed by atoms with van der Waals surface area (Å²) < 4.78 is 32.2. The molecule has 2 aromatic rings. The first-order valence-electron chi connectivity index (χ1n) is 5.89. The van der Waals surface area contributed by atoms with Crippen LogP contribution >= 0.6 is 0 Å². The zero-order valence-corrected chi connectivity index (χ0v) is 10.7. The van der Waals surface area contributed by atoms with Gasteiger partial charge in [0.25, 0.3) is 0 Å². The van der Waals surface area contributed by atoms with Crippen LogP contribution in [0.5, 0.6) is 5.75 Å². The number of hydrogen-bond donors (Lipinski definition) is 1. The third-order valence-electron chi connectivity index (χ3n) is 2.95. The van der Waals surface area contributed by atoms with Crippen molar-refractivity contribution in [2.24, 2.45) is 0 Å². The van der Waals surface area contributed by atoms with Crippen LogP contribution in [0.2, 0.25) is 0 Å². The van der Waals surface area contributed by atoms with Crippen molar-refractivity contribution in [3.63, 3.8) is 0 Å². The van der Waals surface area contributed by atoms with E-state index in [0.717, 1.165) is 12.1 Å². The van der Waals surface area contributed by atoms with Gasteiger partial charge in [0.15, 0.2) is 0 Å². The maximum atomic E-state index is 13.4. The molecule has 0 bridgehead atoms. The normalized spacial score (nSPS) is 10.3. The predicted molar refractivity (Wildman–Crippen MR) is 68.8 cm³/mol. The summed E-state index contributed by atoms with van der Waals surface area (Å²) in [5, 5.41) is 8.99. The van der Waals surface area contributed by atoms with E-state index in [1.807, 2.05) is 0 Å². The highest BCUT2D eigenvalue weighted by atomic mass is 19.1. The van der Waals surface area contributed by atoms with Crippen LogP contribution in [0.1, 0.15) is 21.5 Å². The summed E-state index contributed by atoms with van der Waals surface area (Å²) >= 11 is 0. The van der Waals surface area contributed by atoms with Gasteiger partial charge in [0.2, 0.25) is 0 Å². The van der Waals surface area contributed by atoms with Crippen molar-refractivity contribution in [3.05, 3.63) is 64.7 Å². The highest BCUT2D eigenvalue weighted by molar-refractivity contribution is 5.90. The van der Waals surface area contributed by atoms with E-state index in [1.165, 1.54) is 18.2 Å². The van der Waals surface area contributed by atoms with Crippen molar-refractivity contribution < 1.29 is 23.4 Å². The zero-order chi connectivity index (χ0) is 14.7. The Labute approximate surface area is 114 Å². The van der Waals surface area contributed by atoms with Crippen LogP contribution in [-0.4, -0.2) is 11.1 Å². The molecule has 0 aromatic heterocycles. The van der Waals surface area contributed by atoms with Gasteiger partial charge in [-0.3, -0.25) is 0 Å². The second-order valence-corrected chi connectivity index (χ2v) is 4.22. The summed E-state index contributed by atoms with van der Waals surface area (Å²) in [5.41, 5.74) is 0.320. The molecule has 5 heteroatoms. The fraction of sp³-hybridized carbons (Fsp3) is 0.133. The van der Waals surface area contributed by atoms with Crippen LogP contribution < -0.4 is 4.74 Å². The summed E-state index contributed by atoms with van der Waals surface area (Å²) in [6.45, 7) is 1.28. The molecule has 0 spiro atoms. The lowest BCUT2D eigenvalue weighted by Crippen LogP contribution is -2.05. The molecule has 104 valence electrons. The third-order valence-corrected chi connectivity index (χ3v) is 2.95. The summed E-state index contributed by atoms with van der Waals surface area (Å²) in [7, 11) is 0. The highest BCUT2D eigenvalue weighted by Gasteiger charge is 2.13. The lowest BCUT2D eigenvalue weighted by molar-refractivity contribution is 0.0695. The van der Waals surface area contributed by atoms with Crippen molar-refractivity contribution in [2.75, 3.05) is 0 Å². The average Bonchev–Trinajstić information content (AvgIpc) is 2.39. The van der Waals surface area contributed by atoms with Gasteiger partial charge in [0, 0.05) is 5.56 Å². The van der Waals surface area contributed by atoms with E-state index in [0.29, 0.717) is 5.56 Å². The van der Waals surface area contributed by atoms with E-state index in [2.05, 4.69) is 0 Å². The number of halogens is 2. The molecule has 0 aliphatic rings. The predicted octanol–water partition coefficient (Wildman–Crippen LogP) is 3.55. The van der Waals surface area contributed by atoms with Gasteiger partial charge in [-0.1, -0.05) is 12.1 Å². The summed E-state index contributed by atoms with van der Waals surface area (Å²) in [5.74, 6) is -2.19. The van der Waals surface area contributed by atoms with Crippen LogP contribution in [0.15, 0.2) is 36.4 Å². The molecule has 2 aromatic carbocycles. The third kappa shape index (κ3) is 2.77. The van der Waals surface area contributed by atoms with E-state index in [4.69, 9.17) is 9.84 Å². The van der Waals surface area contributed by atoms with E-state index in [-0.39, 0.29) is 23.5 Å². The maximum Gasteiger partial charge on any atom is 0.336 e. The van der Waals surface area contributed by atoms with E-state index in [1.54, 1.807) is 13.0 Å². The number of carboxylic acid groups (broad SMARTS) is 1. The minimum atomic E-state index is -1.08. The zero-order valence-electron chi connectivity index (χ0n) is 10.7. The minimum Gasteiger partial charge on any atom is -0.488 e. The number of carboxylic acids is 1. The van der Waals surface area contributed by atoms with Crippen molar-refractivity contribution in [1.29, 1.82) is 0 Å². The van der Waals surface area contributed by atoms with Gasteiger partial charge < -0.3 is 9.84 Å². The molecule has 0 saturated carbocycles. The molecule has 0 aliphatic heterocycles. The number of ether oxygens (including phenoxy) is 1. The first kappa shape index (κ1) is 14.0. The first-order valence-corrected chi connectivity index (χ1v) is 5.89. The van der Waals surface area contributed by atoms with Gasteiger partial charge in [0.1, 0.15) is 24.0 Å². The van der Waals surface area contributed by atoms with Crippen molar-refractivity contribution in [1.82, 2.24) is 0 Å². The Morgan fingerprint density at radius 1 is 1.15 bits per heavy atom. The highest BCUT2D eigenvalue weighted by Crippen LogP contribution is 2.23. The largest absolute Gasteiger partial charge is 0.488 e. The number of carbonyl (C=O) groups is 1. The van der Waals surface area contributed by atoms with Gasteiger partial charge >= 0.3 is 5.97 Å². The van der Waals surface area contributed by atoms with Crippen LogP contribution in [0.25, 0.3) is 0 Å². The maximum absolute atomic E-state index is 13.4. The molecule has 2 rings (SSSR count). The van der Waals surface area contributed by atoms with Gasteiger partial charge in [-0.15, -0.1) is 0 Å². The van der Waals surface area contributed by atoms with Crippen LogP contribution in [0, 0.1) is 18.6 Å². The number of benzene rings is 2. The van der Waals surface area contributed by atoms with Crippen molar-refractivity contribution in [2.45, 2.75) is 13.5 Å². The molecule has 0 atom stereocenters. The monoisotopic (exact) mass is 278 g/mol. The Kier molecular flexibility index (Phi) is 3.98. The Morgan fingerprint density at radius 3 is 2.35 bits per heavy atom. The quantitative estimate of drug-likeness (QED) is 0.930. The van der Waals surface area contributed by atoms with Crippen LogP contribution in [0.3, 0.4) is 0 Å². The van der Waals surface area contributed by atoms with Crippen LogP contribution in [-0.2, 0) is 6.61 Å². The Bertz CT molecular complexity index is 633. The summed E-state index contributed by atoms with van der Waals surface area (Å²) in [6.07, 6.45) is 0. The summed E-state index contributed by atoms with van der Waals surface area (Å²) in [6, 6.07) is 8.06. The standard InChI is InChI=1S/C15H12F2O3/c1-9-10(15(18)19)4-2-7-14(9)20-8-11-12(16)5-3-6-13(11)17/h2-7H,8H2,1H3,(H,18,19). The van der Waals surface area contributed by atoms with Gasteiger partial charge in [-0.25, -0.2) is 13.6 Å². The molecule has 20 heavy (non-hydrogen) atoms. The van der Waals surface area contributed by atoms with Gasteiger partial charge in [-0.05, 0) is 31.2 Å². The van der Waals surface area contributed by atoms with Gasteiger partial charge in [-0.2, -0.15) is 0 Å². The molecule has 0 saturated heterocycles. The fourth-order valence-electron chi connectivity index (χ4n) is 1.82. The lowest BCUT2D eigenvalue weighted by Gasteiger charge is -2.11. The molecule has 3 nitrogen and oxygen atoms in total. The van der Waals surface area contributed by atoms with Gasteiger partial charge in [0.05, 0.1) is 11.1 Å². The molecule has 0 heterocycles. The Hall–Kier alpha value is -2.43. The number of rotatable bonds is 4. The lowest BCUT2D eigenvalue weighted by atomic mass is 10.1. The fourth-order valence-corrected chi connectivity index (χ4v) is 1.82. The molecule has 0 unspecified atom stereocenters. The van der Waals surface area contributed by atoms with E-state index < -0.39 is 17.6 Å². The molecule has 0 fully saturated rings. The average molecular weight is 278 g/mol. The minimum absolute atomic E-state index is 0.0940. The Balaban J connectivity index is 2.24. The molecular weight excluding hydrogens is 266 g/mol. The molecule has 0 radical (unpaired) electrons.